The number of rotatable bonds is 10. The number of hydrogen-bond donors (Lipinski definition) is 2. The number of aromatic nitrogens is 1. The van der Waals surface area contributed by atoms with Gasteiger partial charge in [-0.2, -0.15) is 0 Å². The summed E-state index contributed by atoms with van der Waals surface area (Å²) in [5.74, 6) is 0.486. The molecule has 3 aromatic carbocycles. The first kappa shape index (κ1) is 24.6. The molecular weight excluding hydrogens is 458 g/mol. The van der Waals surface area contributed by atoms with E-state index in [2.05, 4.69) is 22.8 Å². The Morgan fingerprint density at radius 3 is 2.49 bits per heavy atom. The van der Waals surface area contributed by atoms with Gasteiger partial charge in [0.1, 0.15) is 5.69 Å². The summed E-state index contributed by atoms with van der Waals surface area (Å²) in [5.41, 5.74) is 4.06. The Morgan fingerprint density at radius 1 is 0.943 bits per heavy atom. The molecule has 0 fully saturated rings. The van der Waals surface area contributed by atoms with Crippen molar-refractivity contribution in [2.24, 2.45) is 0 Å². The Balaban J connectivity index is 1.52. The van der Waals surface area contributed by atoms with Crippen LogP contribution in [0.4, 0.5) is 5.69 Å². The van der Waals surface area contributed by atoms with Crippen molar-refractivity contribution in [3.63, 3.8) is 0 Å². The number of anilines is 1. The third-order valence-corrected chi connectivity index (χ3v) is 6.81. The minimum atomic E-state index is -0.159. The number of carbonyl (C=O) groups excluding carboxylic acids is 2. The predicted molar refractivity (Wildman–Crippen MR) is 142 cm³/mol. The van der Waals surface area contributed by atoms with Crippen molar-refractivity contribution in [3.8, 4) is 0 Å². The smallest absolute Gasteiger partial charge is 0.268 e. The summed E-state index contributed by atoms with van der Waals surface area (Å²) in [5, 5.41) is 6.80. The molecule has 1 aromatic heterocycles. The molecule has 2 amide bonds. The molecule has 0 saturated heterocycles. The number of fused-ring (bicyclic) bond motifs is 1. The van der Waals surface area contributed by atoms with E-state index in [-0.39, 0.29) is 11.8 Å². The molecule has 1 heterocycles. The molecule has 2 N–H and O–H groups in total. The normalized spacial score (nSPS) is 10.9. The van der Waals surface area contributed by atoms with E-state index >= 15 is 0 Å². The van der Waals surface area contributed by atoms with Crippen molar-refractivity contribution >= 4 is 40.2 Å². The lowest BCUT2D eigenvalue weighted by Gasteiger charge is -2.11. The van der Waals surface area contributed by atoms with Gasteiger partial charge in [-0.3, -0.25) is 9.59 Å². The van der Waals surface area contributed by atoms with Gasteiger partial charge in [0.25, 0.3) is 11.8 Å². The molecule has 0 atom stereocenters. The van der Waals surface area contributed by atoms with Gasteiger partial charge in [-0.1, -0.05) is 42.5 Å². The summed E-state index contributed by atoms with van der Waals surface area (Å²) in [4.78, 5) is 26.8. The van der Waals surface area contributed by atoms with Crippen molar-refractivity contribution in [3.05, 3.63) is 95.7 Å². The second kappa shape index (κ2) is 11.7. The Morgan fingerprint density at radius 2 is 1.71 bits per heavy atom. The maximum atomic E-state index is 13.2. The maximum Gasteiger partial charge on any atom is 0.268 e. The van der Waals surface area contributed by atoms with Crippen LogP contribution in [0.3, 0.4) is 0 Å². The highest BCUT2D eigenvalue weighted by molar-refractivity contribution is 7.98. The van der Waals surface area contributed by atoms with E-state index in [4.69, 9.17) is 4.74 Å². The van der Waals surface area contributed by atoms with Gasteiger partial charge in [0.05, 0.1) is 12.2 Å². The largest absolute Gasteiger partial charge is 0.383 e. The second-order valence-corrected chi connectivity index (χ2v) is 9.04. The van der Waals surface area contributed by atoms with Crippen LogP contribution in [-0.2, 0) is 17.0 Å². The number of amides is 2. The zero-order valence-corrected chi connectivity index (χ0v) is 20.7. The highest BCUT2D eigenvalue weighted by Crippen LogP contribution is 2.28. The summed E-state index contributed by atoms with van der Waals surface area (Å²) < 4.78 is 6.99. The predicted octanol–water partition coefficient (Wildman–Crippen LogP) is 5.58. The van der Waals surface area contributed by atoms with Gasteiger partial charge in [0.2, 0.25) is 0 Å². The molecule has 0 unspecified atom stereocenters. The summed E-state index contributed by atoms with van der Waals surface area (Å²) in [6.45, 7) is 3.57. The fraction of sp³-hybridized carbons (Fsp3) is 0.214. The molecular formula is C28H29N3O3S. The lowest BCUT2D eigenvalue weighted by Crippen LogP contribution is -2.28. The summed E-state index contributed by atoms with van der Waals surface area (Å²) >= 11 is 1.64. The third kappa shape index (κ3) is 5.93. The average molecular weight is 488 g/mol. The Bertz CT molecular complexity index is 1320. The molecule has 0 aliphatic heterocycles. The zero-order valence-electron chi connectivity index (χ0n) is 19.9. The first-order chi connectivity index (χ1) is 17.1. The number of nitrogens with zero attached hydrogens (tertiary/aromatic N) is 1. The molecule has 0 aliphatic carbocycles. The Hall–Kier alpha value is -3.55. The number of nitrogens with one attached hydrogen (secondary N) is 2. The van der Waals surface area contributed by atoms with Crippen LogP contribution < -0.4 is 10.6 Å². The highest BCUT2D eigenvalue weighted by Gasteiger charge is 2.16. The van der Waals surface area contributed by atoms with Crippen molar-refractivity contribution in [2.45, 2.75) is 24.1 Å². The Kier molecular flexibility index (Phi) is 8.23. The number of ether oxygens (including phenoxy) is 1. The van der Waals surface area contributed by atoms with E-state index in [1.165, 1.54) is 5.56 Å². The van der Waals surface area contributed by atoms with Crippen LogP contribution in [0.25, 0.3) is 10.9 Å². The van der Waals surface area contributed by atoms with E-state index in [1.807, 2.05) is 78.2 Å². The van der Waals surface area contributed by atoms with Crippen molar-refractivity contribution in [1.82, 2.24) is 9.88 Å². The van der Waals surface area contributed by atoms with Crippen molar-refractivity contribution < 1.29 is 14.3 Å². The van der Waals surface area contributed by atoms with Crippen LogP contribution in [0.5, 0.6) is 0 Å². The summed E-state index contributed by atoms with van der Waals surface area (Å²) in [6.07, 6.45) is 0. The van der Waals surface area contributed by atoms with Gasteiger partial charge >= 0.3 is 0 Å². The molecule has 0 radical (unpaired) electrons. The molecule has 6 nitrogen and oxygen atoms in total. The summed E-state index contributed by atoms with van der Waals surface area (Å²) in [6, 6.07) is 25.4. The van der Waals surface area contributed by atoms with E-state index in [0.717, 1.165) is 21.6 Å². The van der Waals surface area contributed by atoms with Gasteiger partial charge < -0.3 is 19.9 Å². The Labute approximate surface area is 209 Å². The molecule has 0 bridgehead atoms. The second-order valence-electron chi connectivity index (χ2n) is 8.02. The van der Waals surface area contributed by atoms with Crippen LogP contribution in [0.2, 0.25) is 0 Å². The molecule has 0 spiro atoms. The van der Waals surface area contributed by atoms with Gasteiger partial charge in [-0.25, -0.2) is 0 Å². The number of thioether (sulfide) groups is 1. The topological polar surface area (TPSA) is 72.4 Å². The van der Waals surface area contributed by atoms with Gasteiger partial charge in [0, 0.05) is 47.4 Å². The van der Waals surface area contributed by atoms with Gasteiger partial charge in [-0.05, 0) is 48.9 Å². The van der Waals surface area contributed by atoms with E-state index < -0.39 is 0 Å². The number of hydrogen-bond acceptors (Lipinski definition) is 4. The van der Waals surface area contributed by atoms with Crippen LogP contribution in [0.1, 0.15) is 33.3 Å². The molecule has 0 saturated carbocycles. The molecule has 7 heteroatoms. The van der Waals surface area contributed by atoms with E-state index in [9.17, 15) is 9.59 Å². The minimum absolute atomic E-state index is 0.143. The SMILES string of the molecule is CCn1c(C(=O)NCCOC)cc2cc(NC(=O)c3ccccc3SCc3ccccc3)ccc21. The highest BCUT2D eigenvalue weighted by atomic mass is 32.2. The lowest BCUT2D eigenvalue weighted by molar-refractivity contribution is 0.0928. The van der Waals surface area contributed by atoms with Crippen LogP contribution >= 0.6 is 11.8 Å². The number of methoxy groups -OCH3 is 1. The van der Waals surface area contributed by atoms with Gasteiger partial charge in [-0.15, -0.1) is 11.8 Å². The molecule has 4 aromatic rings. The fourth-order valence-corrected chi connectivity index (χ4v) is 4.95. The van der Waals surface area contributed by atoms with Crippen LogP contribution in [-0.4, -0.2) is 36.6 Å². The monoisotopic (exact) mass is 487 g/mol. The molecule has 180 valence electrons. The molecule has 4 rings (SSSR count). The number of aryl methyl sites for hydroxylation is 1. The minimum Gasteiger partial charge on any atom is -0.383 e. The molecule has 0 aliphatic rings. The standard InChI is InChI=1S/C28H29N3O3S/c1-3-31-24-14-13-22(17-21(24)18-25(31)28(33)29-15-16-34-2)30-27(32)23-11-7-8-12-26(23)35-19-20-9-5-4-6-10-20/h4-14,17-18H,3,15-16,19H2,1-2H3,(H,29,33)(H,30,32). The third-order valence-electron chi connectivity index (χ3n) is 5.67. The number of benzene rings is 3. The van der Waals surface area contributed by atoms with Crippen LogP contribution in [0.15, 0.2) is 83.8 Å². The van der Waals surface area contributed by atoms with Gasteiger partial charge in [0.15, 0.2) is 0 Å². The van der Waals surface area contributed by atoms with E-state index in [0.29, 0.717) is 36.6 Å². The molecule has 35 heavy (non-hydrogen) atoms. The van der Waals surface area contributed by atoms with Crippen molar-refractivity contribution in [1.29, 1.82) is 0 Å². The van der Waals surface area contributed by atoms with Crippen LogP contribution in [0, 0.1) is 0 Å². The average Bonchev–Trinajstić information content (AvgIpc) is 3.26. The maximum absolute atomic E-state index is 13.2. The van der Waals surface area contributed by atoms with E-state index in [1.54, 1.807) is 18.9 Å². The first-order valence-electron chi connectivity index (χ1n) is 11.6. The first-order valence-corrected chi connectivity index (χ1v) is 12.6. The summed E-state index contributed by atoms with van der Waals surface area (Å²) in [7, 11) is 1.60. The number of carbonyl (C=O) groups is 2. The lowest BCUT2D eigenvalue weighted by atomic mass is 10.2. The fourth-order valence-electron chi connectivity index (χ4n) is 3.95. The zero-order chi connectivity index (χ0) is 24.6. The quantitative estimate of drug-likeness (QED) is 0.226. The van der Waals surface area contributed by atoms with Crippen molar-refractivity contribution in [2.75, 3.05) is 25.6 Å².